The van der Waals surface area contributed by atoms with Crippen molar-refractivity contribution in [3.8, 4) is 11.4 Å². The number of nitrogens with one attached hydrogen (secondary N) is 2. The van der Waals surface area contributed by atoms with Crippen LogP contribution >= 0.6 is 15.9 Å². The highest BCUT2D eigenvalue weighted by molar-refractivity contribution is 9.10. The van der Waals surface area contributed by atoms with Crippen LogP contribution in [0.25, 0.3) is 11.4 Å². The molecule has 0 bridgehead atoms. The fourth-order valence-corrected chi connectivity index (χ4v) is 2.51. The predicted molar refractivity (Wildman–Crippen MR) is 81.7 cm³/mol. The molecule has 3 aromatic rings. The SMILES string of the molecule is Brc1ccc(C2(Nc3ncc(-c4nn[nH]n4)cn3)CC2)cn1. The summed E-state index contributed by atoms with van der Waals surface area (Å²) in [6.45, 7) is 0. The minimum Gasteiger partial charge on any atom is -0.345 e. The molecule has 9 heteroatoms. The van der Waals surface area contributed by atoms with E-state index in [2.05, 4.69) is 62.9 Å². The van der Waals surface area contributed by atoms with Gasteiger partial charge in [0, 0.05) is 18.6 Å². The number of halogens is 1. The third-order valence-electron chi connectivity index (χ3n) is 3.64. The van der Waals surface area contributed by atoms with E-state index < -0.39 is 0 Å². The van der Waals surface area contributed by atoms with Gasteiger partial charge in [-0.25, -0.2) is 15.0 Å². The molecule has 0 amide bonds. The molecule has 110 valence electrons. The van der Waals surface area contributed by atoms with Crippen LogP contribution in [-0.2, 0) is 5.54 Å². The van der Waals surface area contributed by atoms with E-state index in [-0.39, 0.29) is 5.54 Å². The number of rotatable bonds is 4. The normalized spacial score (nSPS) is 15.5. The van der Waals surface area contributed by atoms with Gasteiger partial charge in [-0.1, -0.05) is 6.07 Å². The number of aromatic nitrogens is 7. The average molecular weight is 359 g/mol. The highest BCUT2D eigenvalue weighted by atomic mass is 79.9. The van der Waals surface area contributed by atoms with Gasteiger partial charge in [0.05, 0.1) is 11.1 Å². The minimum atomic E-state index is -0.110. The Labute approximate surface area is 133 Å². The summed E-state index contributed by atoms with van der Waals surface area (Å²) in [7, 11) is 0. The summed E-state index contributed by atoms with van der Waals surface area (Å²) < 4.78 is 0.827. The first-order chi connectivity index (χ1) is 10.8. The molecule has 0 radical (unpaired) electrons. The molecule has 3 heterocycles. The molecule has 0 spiro atoms. The Morgan fingerprint density at radius 1 is 1.09 bits per heavy atom. The first kappa shape index (κ1) is 13.3. The summed E-state index contributed by atoms with van der Waals surface area (Å²) in [6, 6.07) is 4.00. The zero-order chi connectivity index (χ0) is 15.0. The summed E-state index contributed by atoms with van der Waals surface area (Å²) in [4.78, 5) is 12.9. The smallest absolute Gasteiger partial charge is 0.223 e. The Hall–Kier alpha value is -2.42. The third kappa shape index (κ3) is 2.43. The number of tetrazole rings is 1. The quantitative estimate of drug-likeness (QED) is 0.686. The lowest BCUT2D eigenvalue weighted by Crippen LogP contribution is -2.20. The standard InChI is InChI=1S/C13H11BrN8/c14-10-2-1-9(7-15-10)13(3-4-13)18-12-16-5-8(6-17-12)11-19-21-22-20-11/h1-2,5-7H,3-4H2,(H,16,17,18)(H,19,20,21,22). The molecule has 3 aromatic heterocycles. The van der Waals surface area contributed by atoms with E-state index >= 15 is 0 Å². The van der Waals surface area contributed by atoms with E-state index in [1.54, 1.807) is 12.4 Å². The summed E-state index contributed by atoms with van der Waals surface area (Å²) in [5.41, 5.74) is 1.75. The van der Waals surface area contributed by atoms with Crippen LogP contribution in [0, 0.1) is 0 Å². The number of nitrogens with zero attached hydrogens (tertiary/aromatic N) is 6. The number of aromatic amines is 1. The van der Waals surface area contributed by atoms with Gasteiger partial charge in [0.25, 0.3) is 0 Å². The van der Waals surface area contributed by atoms with Crippen LogP contribution in [0.1, 0.15) is 18.4 Å². The Morgan fingerprint density at radius 2 is 1.91 bits per heavy atom. The molecule has 0 aromatic carbocycles. The van der Waals surface area contributed by atoms with Gasteiger partial charge >= 0.3 is 0 Å². The second-order valence-electron chi connectivity index (χ2n) is 5.11. The van der Waals surface area contributed by atoms with Crippen LogP contribution in [-0.4, -0.2) is 35.6 Å². The molecule has 1 aliphatic carbocycles. The third-order valence-corrected chi connectivity index (χ3v) is 4.11. The van der Waals surface area contributed by atoms with Crippen LogP contribution in [0.3, 0.4) is 0 Å². The van der Waals surface area contributed by atoms with Crippen molar-refractivity contribution in [3.63, 3.8) is 0 Å². The molecule has 0 unspecified atom stereocenters. The van der Waals surface area contributed by atoms with Gasteiger partial charge in [-0.3, -0.25) is 0 Å². The Balaban J connectivity index is 1.55. The molecule has 0 atom stereocenters. The van der Waals surface area contributed by atoms with E-state index in [4.69, 9.17) is 0 Å². The van der Waals surface area contributed by atoms with Crippen LogP contribution in [0.4, 0.5) is 5.95 Å². The lowest BCUT2D eigenvalue weighted by atomic mass is 10.1. The molecular weight excluding hydrogens is 348 g/mol. The highest BCUT2D eigenvalue weighted by Gasteiger charge is 2.45. The van der Waals surface area contributed by atoms with E-state index in [0.717, 1.165) is 28.6 Å². The van der Waals surface area contributed by atoms with E-state index in [0.29, 0.717) is 11.8 Å². The summed E-state index contributed by atoms with van der Waals surface area (Å²) in [6.07, 6.45) is 7.29. The van der Waals surface area contributed by atoms with Crippen molar-refractivity contribution in [2.75, 3.05) is 5.32 Å². The maximum atomic E-state index is 4.33. The highest BCUT2D eigenvalue weighted by Crippen LogP contribution is 2.47. The fraction of sp³-hybridized carbons (Fsp3) is 0.231. The van der Waals surface area contributed by atoms with Crippen molar-refractivity contribution >= 4 is 21.9 Å². The number of anilines is 1. The number of hydrogen-bond donors (Lipinski definition) is 2. The zero-order valence-corrected chi connectivity index (χ0v) is 12.9. The Morgan fingerprint density at radius 3 is 2.50 bits per heavy atom. The molecule has 22 heavy (non-hydrogen) atoms. The molecule has 0 saturated heterocycles. The van der Waals surface area contributed by atoms with Crippen molar-refractivity contribution in [3.05, 3.63) is 40.9 Å². The van der Waals surface area contributed by atoms with E-state index in [1.807, 2.05) is 12.3 Å². The van der Waals surface area contributed by atoms with Gasteiger partial charge in [-0.2, -0.15) is 5.21 Å². The number of H-pyrrole nitrogens is 1. The monoisotopic (exact) mass is 358 g/mol. The zero-order valence-electron chi connectivity index (χ0n) is 11.4. The van der Waals surface area contributed by atoms with E-state index in [1.165, 1.54) is 0 Å². The van der Waals surface area contributed by atoms with Crippen LogP contribution in [0.5, 0.6) is 0 Å². The van der Waals surface area contributed by atoms with Crippen molar-refractivity contribution < 1.29 is 0 Å². The van der Waals surface area contributed by atoms with Crippen LogP contribution in [0.2, 0.25) is 0 Å². The number of hydrogen-bond acceptors (Lipinski definition) is 7. The summed E-state index contributed by atoms with van der Waals surface area (Å²) in [5.74, 6) is 1.05. The number of pyridine rings is 1. The molecular formula is C13H11BrN8. The van der Waals surface area contributed by atoms with Gasteiger partial charge in [0.1, 0.15) is 4.60 Å². The topological polar surface area (TPSA) is 105 Å². The first-order valence-electron chi connectivity index (χ1n) is 6.71. The maximum absolute atomic E-state index is 4.33. The van der Waals surface area contributed by atoms with Gasteiger partial charge in [0.15, 0.2) is 0 Å². The summed E-state index contributed by atoms with van der Waals surface area (Å²) in [5, 5.41) is 17.1. The molecule has 2 N–H and O–H groups in total. The second kappa shape index (κ2) is 5.09. The van der Waals surface area contributed by atoms with Gasteiger partial charge in [0.2, 0.25) is 11.8 Å². The van der Waals surface area contributed by atoms with E-state index in [9.17, 15) is 0 Å². The largest absolute Gasteiger partial charge is 0.345 e. The van der Waals surface area contributed by atoms with Gasteiger partial charge < -0.3 is 5.32 Å². The maximum Gasteiger partial charge on any atom is 0.223 e. The molecule has 1 saturated carbocycles. The molecule has 4 rings (SSSR count). The Kier molecular flexibility index (Phi) is 3.07. The molecule has 1 aliphatic rings. The van der Waals surface area contributed by atoms with Crippen LogP contribution < -0.4 is 5.32 Å². The predicted octanol–water partition coefficient (Wildman–Crippen LogP) is 1.92. The van der Waals surface area contributed by atoms with Crippen molar-refractivity contribution in [1.29, 1.82) is 0 Å². The first-order valence-corrected chi connectivity index (χ1v) is 7.51. The second-order valence-corrected chi connectivity index (χ2v) is 5.92. The molecule has 8 nitrogen and oxygen atoms in total. The van der Waals surface area contributed by atoms with Crippen molar-refractivity contribution in [2.45, 2.75) is 18.4 Å². The van der Waals surface area contributed by atoms with Crippen molar-refractivity contribution in [1.82, 2.24) is 35.6 Å². The van der Waals surface area contributed by atoms with Crippen molar-refractivity contribution in [2.24, 2.45) is 0 Å². The molecule has 1 fully saturated rings. The average Bonchev–Trinajstić information content (AvgIpc) is 3.11. The van der Waals surface area contributed by atoms with Gasteiger partial charge in [-0.15, -0.1) is 10.2 Å². The Bertz CT molecular complexity index is 765. The fourth-order valence-electron chi connectivity index (χ4n) is 2.28. The van der Waals surface area contributed by atoms with Gasteiger partial charge in [-0.05, 0) is 45.6 Å². The lowest BCUT2D eigenvalue weighted by molar-refractivity contribution is 0.783. The molecule has 0 aliphatic heterocycles. The minimum absolute atomic E-state index is 0.110. The lowest BCUT2D eigenvalue weighted by Gasteiger charge is -2.17. The summed E-state index contributed by atoms with van der Waals surface area (Å²) >= 11 is 3.35. The van der Waals surface area contributed by atoms with Crippen LogP contribution in [0.15, 0.2) is 35.3 Å².